The fourth-order valence-electron chi connectivity index (χ4n) is 2.70. The van der Waals surface area contributed by atoms with E-state index in [0.717, 1.165) is 32.2 Å². The largest absolute Gasteiger partial charge is 0.487 e. The molecule has 27 heavy (non-hydrogen) atoms. The Labute approximate surface area is 176 Å². The van der Waals surface area contributed by atoms with Crippen molar-refractivity contribution in [3.63, 3.8) is 0 Å². The molecule has 0 saturated heterocycles. The molecular weight excluding hydrogens is 473 g/mol. The van der Waals surface area contributed by atoms with E-state index in [1.54, 1.807) is 6.07 Å². The summed E-state index contributed by atoms with van der Waals surface area (Å²) in [7, 11) is 0. The molecule has 1 N–H and O–H groups in total. The van der Waals surface area contributed by atoms with Gasteiger partial charge in [-0.2, -0.15) is 0 Å². The molecule has 2 nitrogen and oxygen atoms in total. The molecule has 0 aromatic heterocycles. The molecule has 3 aromatic rings. The van der Waals surface area contributed by atoms with Gasteiger partial charge in [-0.3, -0.25) is 0 Å². The molecule has 0 atom stereocenters. The van der Waals surface area contributed by atoms with Crippen LogP contribution in [0.2, 0.25) is 0 Å². The molecule has 0 radical (unpaired) electrons. The molecule has 5 heteroatoms. The second-order valence-electron chi connectivity index (χ2n) is 6.21. The summed E-state index contributed by atoms with van der Waals surface area (Å²) < 4.78 is 20.9. The van der Waals surface area contributed by atoms with Crippen LogP contribution in [0.15, 0.2) is 69.6 Å². The number of aryl methyl sites for hydroxylation is 1. The van der Waals surface area contributed by atoms with Crippen LogP contribution >= 0.6 is 31.9 Å². The maximum atomic E-state index is 13.3. The van der Waals surface area contributed by atoms with Crippen molar-refractivity contribution in [3.05, 3.63) is 92.1 Å². The van der Waals surface area contributed by atoms with E-state index < -0.39 is 0 Å². The lowest BCUT2D eigenvalue weighted by Gasteiger charge is -2.13. The average molecular weight is 493 g/mol. The molecule has 0 unspecified atom stereocenters. The third-order valence-electron chi connectivity index (χ3n) is 4.19. The molecule has 0 spiro atoms. The van der Waals surface area contributed by atoms with Crippen LogP contribution in [-0.2, 0) is 19.6 Å². The van der Waals surface area contributed by atoms with E-state index in [-0.39, 0.29) is 5.82 Å². The molecule has 0 amide bonds. The standard InChI is InChI=1S/C22H20Br2FNO/c1-2-15-6-8-19(9-7-15)26-13-17-11-20(23)22(21(24)12-17)27-14-16-4-3-5-18(25)10-16/h3-12,26H,2,13-14H2,1H3. The molecule has 0 saturated carbocycles. The van der Waals surface area contributed by atoms with Gasteiger partial charge in [0.15, 0.2) is 0 Å². The van der Waals surface area contributed by atoms with Crippen LogP contribution in [0.25, 0.3) is 0 Å². The molecule has 140 valence electrons. The summed E-state index contributed by atoms with van der Waals surface area (Å²) >= 11 is 7.15. The zero-order valence-corrected chi connectivity index (χ0v) is 18.1. The minimum absolute atomic E-state index is 0.261. The number of hydrogen-bond acceptors (Lipinski definition) is 2. The van der Waals surface area contributed by atoms with Crippen LogP contribution in [-0.4, -0.2) is 0 Å². The first-order valence-electron chi connectivity index (χ1n) is 8.73. The Morgan fingerprint density at radius 1 is 0.889 bits per heavy atom. The van der Waals surface area contributed by atoms with Crippen molar-refractivity contribution < 1.29 is 9.13 Å². The van der Waals surface area contributed by atoms with Crippen molar-refractivity contribution in [1.82, 2.24) is 0 Å². The highest BCUT2D eigenvalue weighted by molar-refractivity contribution is 9.11. The number of nitrogens with one attached hydrogen (secondary N) is 1. The van der Waals surface area contributed by atoms with Gasteiger partial charge in [0.1, 0.15) is 18.2 Å². The Balaban J connectivity index is 1.64. The Morgan fingerprint density at radius 2 is 1.59 bits per heavy atom. The van der Waals surface area contributed by atoms with Gasteiger partial charge in [0.05, 0.1) is 8.95 Å². The minimum atomic E-state index is -0.261. The molecule has 0 aliphatic carbocycles. The summed E-state index contributed by atoms with van der Waals surface area (Å²) in [4.78, 5) is 0. The smallest absolute Gasteiger partial charge is 0.148 e. The summed E-state index contributed by atoms with van der Waals surface area (Å²) in [6, 6.07) is 18.9. The van der Waals surface area contributed by atoms with Crippen molar-refractivity contribution in [1.29, 1.82) is 0 Å². The molecule has 0 aliphatic heterocycles. The van der Waals surface area contributed by atoms with Gasteiger partial charge in [0.25, 0.3) is 0 Å². The fraction of sp³-hybridized carbons (Fsp3) is 0.182. The lowest BCUT2D eigenvalue weighted by molar-refractivity contribution is 0.301. The Hall–Kier alpha value is -1.85. The number of rotatable bonds is 7. The second kappa shape index (κ2) is 9.38. The predicted octanol–water partition coefficient (Wildman–Crippen LogP) is 7.10. The normalized spacial score (nSPS) is 10.7. The first-order chi connectivity index (χ1) is 13.0. The van der Waals surface area contributed by atoms with E-state index >= 15 is 0 Å². The molecular formula is C22H20Br2FNO. The van der Waals surface area contributed by atoms with E-state index in [9.17, 15) is 4.39 Å². The van der Waals surface area contributed by atoms with E-state index in [1.807, 2.05) is 18.2 Å². The van der Waals surface area contributed by atoms with Gasteiger partial charge >= 0.3 is 0 Å². The summed E-state index contributed by atoms with van der Waals surface area (Å²) in [6.45, 7) is 3.15. The van der Waals surface area contributed by atoms with Crippen molar-refractivity contribution >= 4 is 37.5 Å². The van der Waals surface area contributed by atoms with Crippen LogP contribution in [0.1, 0.15) is 23.6 Å². The number of halogens is 3. The number of benzene rings is 3. The van der Waals surface area contributed by atoms with Crippen molar-refractivity contribution in [2.45, 2.75) is 26.5 Å². The first-order valence-corrected chi connectivity index (χ1v) is 10.3. The van der Waals surface area contributed by atoms with Crippen LogP contribution < -0.4 is 10.1 Å². The number of hydrogen-bond donors (Lipinski definition) is 1. The summed E-state index contributed by atoms with van der Waals surface area (Å²) in [5, 5.41) is 3.43. The van der Waals surface area contributed by atoms with Gasteiger partial charge < -0.3 is 10.1 Å². The summed E-state index contributed by atoms with van der Waals surface area (Å²) in [6.07, 6.45) is 1.04. The monoisotopic (exact) mass is 491 g/mol. The molecule has 3 rings (SSSR count). The predicted molar refractivity (Wildman–Crippen MR) is 116 cm³/mol. The lowest BCUT2D eigenvalue weighted by atomic mass is 10.1. The third-order valence-corrected chi connectivity index (χ3v) is 5.37. The van der Waals surface area contributed by atoms with Crippen LogP contribution in [0.3, 0.4) is 0 Å². The first kappa shape index (κ1) is 19.9. The minimum Gasteiger partial charge on any atom is -0.487 e. The Bertz CT molecular complexity index is 889. The molecule has 0 bridgehead atoms. The van der Waals surface area contributed by atoms with Gasteiger partial charge in [-0.15, -0.1) is 0 Å². The third kappa shape index (κ3) is 5.56. The molecule has 0 heterocycles. The molecule has 3 aromatic carbocycles. The summed E-state index contributed by atoms with van der Waals surface area (Å²) in [5.41, 5.74) is 4.32. The maximum Gasteiger partial charge on any atom is 0.148 e. The van der Waals surface area contributed by atoms with Gasteiger partial charge in [-0.1, -0.05) is 31.2 Å². The van der Waals surface area contributed by atoms with Crippen LogP contribution in [0.4, 0.5) is 10.1 Å². The van der Waals surface area contributed by atoms with Crippen molar-refractivity contribution in [2.75, 3.05) is 5.32 Å². The Morgan fingerprint density at radius 3 is 2.22 bits per heavy atom. The highest BCUT2D eigenvalue weighted by atomic mass is 79.9. The van der Waals surface area contributed by atoms with Gasteiger partial charge in [-0.05, 0) is 91.4 Å². The average Bonchev–Trinajstić information content (AvgIpc) is 2.66. The SMILES string of the molecule is CCc1ccc(NCc2cc(Br)c(OCc3cccc(F)c3)c(Br)c2)cc1. The molecule has 0 aliphatic rings. The highest BCUT2D eigenvalue weighted by Gasteiger charge is 2.10. The van der Waals surface area contributed by atoms with Gasteiger partial charge in [-0.25, -0.2) is 4.39 Å². The van der Waals surface area contributed by atoms with E-state index in [2.05, 4.69) is 68.4 Å². The maximum absolute atomic E-state index is 13.3. The second-order valence-corrected chi connectivity index (χ2v) is 7.92. The highest BCUT2D eigenvalue weighted by Crippen LogP contribution is 2.35. The van der Waals surface area contributed by atoms with E-state index in [1.165, 1.54) is 17.7 Å². The molecule has 0 fully saturated rings. The number of ether oxygens (including phenoxy) is 1. The Kier molecular flexibility index (Phi) is 6.91. The van der Waals surface area contributed by atoms with E-state index in [0.29, 0.717) is 18.9 Å². The van der Waals surface area contributed by atoms with Crippen molar-refractivity contribution in [2.24, 2.45) is 0 Å². The quantitative estimate of drug-likeness (QED) is 0.379. The van der Waals surface area contributed by atoms with Crippen LogP contribution in [0.5, 0.6) is 5.75 Å². The lowest BCUT2D eigenvalue weighted by Crippen LogP contribution is -2.02. The fourth-order valence-corrected chi connectivity index (χ4v) is 4.21. The topological polar surface area (TPSA) is 21.3 Å². The van der Waals surface area contributed by atoms with Gasteiger partial charge in [0.2, 0.25) is 0 Å². The van der Waals surface area contributed by atoms with E-state index in [4.69, 9.17) is 4.74 Å². The summed E-state index contributed by atoms with van der Waals surface area (Å²) in [5.74, 6) is 0.443. The van der Waals surface area contributed by atoms with Gasteiger partial charge in [0, 0.05) is 12.2 Å². The zero-order valence-electron chi connectivity index (χ0n) is 14.9. The van der Waals surface area contributed by atoms with Crippen molar-refractivity contribution in [3.8, 4) is 5.75 Å². The van der Waals surface area contributed by atoms with Crippen LogP contribution in [0, 0.1) is 5.82 Å². The number of anilines is 1. The zero-order chi connectivity index (χ0) is 19.2.